The van der Waals surface area contributed by atoms with Crippen LogP contribution in [0.25, 0.3) is 34.0 Å². The second kappa shape index (κ2) is 8.49. The molecular weight excluding hydrogens is 435 g/mol. The van der Waals surface area contributed by atoms with Gasteiger partial charge in [-0.25, -0.2) is 0 Å². The van der Waals surface area contributed by atoms with E-state index in [1.54, 1.807) is 30.3 Å². The van der Waals surface area contributed by atoms with E-state index in [1.165, 1.54) is 0 Å². The summed E-state index contributed by atoms with van der Waals surface area (Å²) >= 11 is 0. The fourth-order valence-electron chi connectivity index (χ4n) is 4.20. The maximum absolute atomic E-state index is 14.1. The first kappa shape index (κ1) is 21.4. The van der Waals surface area contributed by atoms with Crippen LogP contribution in [0.2, 0.25) is 0 Å². The van der Waals surface area contributed by atoms with E-state index in [0.717, 1.165) is 16.7 Å². The first-order valence-electron chi connectivity index (χ1n) is 10.5. The molecular formula is C24H20F3N3O3. The number of benzene rings is 2. The number of hydrogen-bond donors (Lipinski definition) is 2. The topological polar surface area (TPSA) is 84.3 Å². The summed E-state index contributed by atoms with van der Waals surface area (Å²) in [6, 6.07) is 13.9. The van der Waals surface area contributed by atoms with Crippen molar-refractivity contribution in [3.63, 3.8) is 0 Å². The molecule has 0 aliphatic heterocycles. The molecule has 0 fully saturated rings. The van der Waals surface area contributed by atoms with Crippen molar-refractivity contribution in [1.29, 1.82) is 0 Å². The van der Waals surface area contributed by atoms with Crippen LogP contribution in [-0.4, -0.2) is 28.6 Å². The van der Waals surface area contributed by atoms with Crippen molar-refractivity contribution in [2.45, 2.75) is 25.6 Å². The number of halogens is 3. The number of aliphatic hydroxyl groups is 1. The smallest absolute Gasteiger partial charge is 0.395 e. The molecule has 9 heteroatoms. The Hall–Kier alpha value is -3.43. The third-order valence-electron chi connectivity index (χ3n) is 5.70. The van der Waals surface area contributed by atoms with Gasteiger partial charge in [-0.15, -0.1) is 0 Å². The summed E-state index contributed by atoms with van der Waals surface area (Å²) < 4.78 is 52.9. The Morgan fingerprint density at radius 1 is 0.939 bits per heavy atom. The van der Waals surface area contributed by atoms with Gasteiger partial charge in [-0.1, -0.05) is 58.8 Å². The van der Waals surface area contributed by atoms with Crippen LogP contribution in [0.15, 0.2) is 57.6 Å². The average molecular weight is 455 g/mol. The maximum Gasteiger partial charge on any atom is 0.422 e. The summed E-state index contributed by atoms with van der Waals surface area (Å²) in [5.74, 6) is -0.359. The van der Waals surface area contributed by atoms with Crippen LogP contribution in [0.5, 0.6) is 0 Å². The van der Waals surface area contributed by atoms with Crippen LogP contribution in [-0.2, 0) is 25.6 Å². The van der Waals surface area contributed by atoms with Gasteiger partial charge in [-0.2, -0.15) is 13.2 Å². The first-order chi connectivity index (χ1) is 16.0. The van der Waals surface area contributed by atoms with Gasteiger partial charge in [0.1, 0.15) is 11.3 Å². The Morgan fingerprint density at radius 2 is 1.70 bits per heavy atom. The molecule has 0 saturated carbocycles. The van der Waals surface area contributed by atoms with Crippen molar-refractivity contribution in [3.05, 3.63) is 70.8 Å². The Kier molecular flexibility index (Phi) is 5.51. The molecule has 1 aliphatic rings. The van der Waals surface area contributed by atoms with Crippen LogP contribution in [0.4, 0.5) is 13.2 Å². The molecule has 170 valence electrons. The summed E-state index contributed by atoms with van der Waals surface area (Å²) in [5, 5.41) is 19.9. The fraction of sp³-hybridized carbons (Fsp3) is 0.250. The van der Waals surface area contributed by atoms with Crippen molar-refractivity contribution in [1.82, 2.24) is 15.6 Å². The van der Waals surface area contributed by atoms with Crippen molar-refractivity contribution in [3.8, 4) is 34.0 Å². The molecule has 2 N–H and O–H groups in total. The first-order valence-corrected chi connectivity index (χ1v) is 10.5. The highest BCUT2D eigenvalue weighted by Crippen LogP contribution is 2.46. The highest BCUT2D eigenvalue weighted by Gasteiger charge is 2.43. The zero-order valence-corrected chi connectivity index (χ0v) is 17.4. The quantitative estimate of drug-likeness (QED) is 0.404. The number of rotatable bonds is 6. The summed E-state index contributed by atoms with van der Waals surface area (Å²) in [4.78, 5) is 0. The van der Waals surface area contributed by atoms with Crippen LogP contribution in [0, 0.1) is 0 Å². The van der Waals surface area contributed by atoms with E-state index >= 15 is 0 Å². The minimum Gasteiger partial charge on any atom is -0.395 e. The Bertz CT molecular complexity index is 1280. The van der Waals surface area contributed by atoms with Crippen LogP contribution < -0.4 is 5.32 Å². The highest BCUT2D eigenvalue weighted by atomic mass is 19.4. The SMILES string of the molecule is OCCNCc1ccc2c(c1)CCc1c-2noc1-c1noc(-c2ccccc2)c1C(F)(F)F. The largest absolute Gasteiger partial charge is 0.422 e. The molecule has 5 rings (SSSR count). The van der Waals surface area contributed by atoms with Gasteiger partial charge in [-0.3, -0.25) is 0 Å². The lowest BCUT2D eigenvalue weighted by atomic mass is 9.87. The van der Waals surface area contributed by atoms with E-state index in [2.05, 4.69) is 15.6 Å². The van der Waals surface area contributed by atoms with E-state index in [1.807, 2.05) is 18.2 Å². The minimum atomic E-state index is -4.69. The maximum atomic E-state index is 14.1. The number of nitrogens with one attached hydrogen (secondary N) is 1. The summed E-state index contributed by atoms with van der Waals surface area (Å²) in [6.45, 7) is 1.17. The lowest BCUT2D eigenvalue weighted by Gasteiger charge is -2.16. The normalized spacial score (nSPS) is 13.1. The molecule has 0 amide bonds. The molecule has 1 aliphatic carbocycles. The number of hydrogen-bond acceptors (Lipinski definition) is 6. The minimum absolute atomic E-state index is 0.0115. The van der Waals surface area contributed by atoms with Crippen molar-refractivity contribution < 1.29 is 27.3 Å². The Balaban J connectivity index is 1.55. The van der Waals surface area contributed by atoms with Crippen molar-refractivity contribution in [2.75, 3.05) is 13.2 Å². The van der Waals surface area contributed by atoms with Gasteiger partial charge in [0, 0.05) is 29.8 Å². The van der Waals surface area contributed by atoms with E-state index in [9.17, 15) is 13.2 Å². The molecule has 0 unspecified atom stereocenters. The fourth-order valence-corrected chi connectivity index (χ4v) is 4.20. The molecule has 0 spiro atoms. The zero-order chi connectivity index (χ0) is 23.0. The Morgan fingerprint density at radius 3 is 2.45 bits per heavy atom. The van der Waals surface area contributed by atoms with Crippen LogP contribution >= 0.6 is 0 Å². The standard InChI is InChI=1S/C24H20F3N3O3/c25-24(26,27)19-21(30-32-22(19)15-4-2-1-3-5-15)23-18-9-7-16-12-14(13-28-10-11-31)6-8-17(16)20(18)29-33-23/h1-6,8,12,28,31H,7,9-11,13H2. The van der Waals surface area contributed by atoms with Gasteiger partial charge in [-0.05, 0) is 24.0 Å². The number of fused-ring (bicyclic) bond motifs is 3. The third-order valence-corrected chi connectivity index (χ3v) is 5.70. The molecule has 2 aromatic carbocycles. The van der Waals surface area contributed by atoms with E-state index in [0.29, 0.717) is 37.2 Å². The molecule has 2 aromatic heterocycles. The van der Waals surface area contributed by atoms with Gasteiger partial charge >= 0.3 is 6.18 Å². The highest BCUT2D eigenvalue weighted by molar-refractivity contribution is 5.79. The van der Waals surface area contributed by atoms with Crippen molar-refractivity contribution in [2.24, 2.45) is 0 Å². The molecule has 0 saturated heterocycles. The van der Waals surface area contributed by atoms with Gasteiger partial charge in [0.05, 0.1) is 6.61 Å². The van der Waals surface area contributed by atoms with Crippen LogP contribution in [0.3, 0.4) is 0 Å². The molecule has 33 heavy (non-hydrogen) atoms. The predicted octanol–water partition coefficient (Wildman–Crippen LogP) is 4.86. The number of aromatic nitrogens is 2. The monoisotopic (exact) mass is 455 g/mol. The second-order valence-electron chi connectivity index (χ2n) is 7.83. The van der Waals surface area contributed by atoms with Crippen LogP contribution in [0.1, 0.15) is 22.3 Å². The predicted molar refractivity (Wildman–Crippen MR) is 114 cm³/mol. The van der Waals surface area contributed by atoms with E-state index < -0.39 is 11.7 Å². The summed E-state index contributed by atoms with van der Waals surface area (Å²) in [5.41, 5.74) is 2.98. The average Bonchev–Trinajstić information content (AvgIpc) is 3.44. The molecule has 0 atom stereocenters. The van der Waals surface area contributed by atoms with E-state index in [4.69, 9.17) is 14.2 Å². The van der Waals surface area contributed by atoms with Gasteiger partial charge in [0.15, 0.2) is 17.2 Å². The zero-order valence-electron chi connectivity index (χ0n) is 17.4. The molecule has 6 nitrogen and oxygen atoms in total. The molecule has 0 bridgehead atoms. The second-order valence-corrected chi connectivity index (χ2v) is 7.83. The number of alkyl halides is 3. The summed E-state index contributed by atoms with van der Waals surface area (Å²) in [6.07, 6.45) is -3.59. The van der Waals surface area contributed by atoms with Gasteiger partial charge in [0.2, 0.25) is 0 Å². The lowest BCUT2D eigenvalue weighted by Crippen LogP contribution is -2.17. The molecule has 4 aromatic rings. The van der Waals surface area contributed by atoms with Gasteiger partial charge < -0.3 is 19.5 Å². The Labute approximate surface area is 187 Å². The summed E-state index contributed by atoms with van der Waals surface area (Å²) in [7, 11) is 0. The number of nitrogens with zero attached hydrogens (tertiary/aromatic N) is 2. The number of aliphatic hydroxyl groups excluding tert-OH is 1. The van der Waals surface area contributed by atoms with E-state index in [-0.39, 0.29) is 29.4 Å². The van der Waals surface area contributed by atoms with Gasteiger partial charge in [0.25, 0.3) is 0 Å². The van der Waals surface area contributed by atoms with Crippen molar-refractivity contribution >= 4 is 0 Å². The third kappa shape index (κ3) is 3.94. The molecule has 2 heterocycles. The number of aryl methyl sites for hydroxylation is 1. The molecule has 0 radical (unpaired) electrons. The lowest BCUT2D eigenvalue weighted by molar-refractivity contribution is -0.136.